The van der Waals surface area contributed by atoms with Crippen LogP contribution in [0, 0.1) is 0 Å². The van der Waals surface area contributed by atoms with E-state index >= 15 is 0 Å². The SMILES string of the molecule is CC(=O)NC1(C(=O)NCCc2cnn(-c3ccccc3)c2)CCCCC1. The molecule has 0 saturated heterocycles. The topological polar surface area (TPSA) is 76.0 Å². The Balaban J connectivity index is 1.56. The highest BCUT2D eigenvalue weighted by atomic mass is 16.2. The number of carbonyl (C=O) groups excluding carboxylic acids is 2. The van der Waals surface area contributed by atoms with E-state index < -0.39 is 5.54 Å². The van der Waals surface area contributed by atoms with E-state index in [1.54, 1.807) is 0 Å². The smallest absolute Gasteiger partial charge is 0.245 e. The fraction of sp³-hybridized carbons (Fsp3) is 0.450. The van der Waals surface area contributed by atoms with Gasteiger partial charge in [-0.2, -0.15) is 5.10 Å². The Morgan fingerprint density at radius 2 is 1.88 bits per heavy atom. The van der Waals surface area contributed by atoms with Crippen molar-refractivity contribution in [2.24, 2.45) is 0 Å². The van der Waals surface area contributed by atoms with Crippen LogP contribution in [0.25, 0.3) is 5.69 Å². The van der Waals surface area contributed by atoms with E-state index in [1.165, 1.54) is 6.92 Å². The molecular formula is C20H26N4O2. The predicted molar refractivity (Wildman–Crippen MR) is 99.9 cm³/mol. The highest BCUT2D eigenvalue weighted by Gasteiger charge is 2.39. The summed E-state index contributed by atoms with van der Waals surface area (Å²) < 4.78 is 1.83. The van der Waals surface area contributed by atoms with Crippen LogP contribution in [0.5, 0.6) is 0 Å². The van der Waals surface area contributed by atoms with Crippen LogP contribution >= 0.6 is 0 Å². The van der Waals surface area contributed by atoms with Crippen LogP contribution in [-0.4, -0.2) is 33.7 Å². The number of hydrogen-bond donors (Lipinski definition) is 2. The van der Waals surface area contributed by atoms with Gasteiger partial charge in [0.15, 0.2) is 0 Å². The van der Waals surface area contributed by atoms with Crippen LogP contribution < -0.4 is 10.6 Å². The molecule has 2 aromatic rings. The summed E-state index contributed by atoms with van der Waals surface area (Å²) in [6.45, 7) is 2.00. The molecule has 1 heterocycles. The number of aromatic nitrogens is 2. The first-order valence-corrected chi connectivity index (χ1v) is 9.25. The summed E-state index contributed by atoms with van der Waals surface area (Å²) in [6.07, 6.45) is 8.99. The minimum absolute atomic E-state index is 0.0668. The molecule has 1 aliphatic carbocycles. The molecular weight excluding hydrogens is 328 g/mol. The molecule has 0 atom stereocenters. The minimum atomic E-state index is -0.738. The zero-order valence-corrected chi connectivity index (χ0v) is 15.2. The van der Waals surface area contributed by atoms with Gasteiger partial charge in [0.05, 0.1) is 11.9 Å². The maximum Gasteiger partial charge on any atom is 0.245 e. The Hall–Kier alpha value is -2.63. The summed E-state index contributed by atoms with van der Waals surface area (Å²) >= 11 is 0. The van der Waals surface area contributed by atoms with Gasteiger partial charge in [-0.25, -0.2) is 4.68 Å². The molecule has 138 valence electrons. The Labute approximate surface area is 154 Å². The normalized spacial score (nSPS) is 16.0. The largest absolute Gasteiger partial charge is 0.354 e. The van der Waals surface area contributed by atoms with Crippen LogP contribution in [0.4, 0.5) is 0 Å². The van der Waals surface area contributed by atoms with Crippen molar-refractivity contribution in [1.82, 2.24) is 20.4 Å². The third kappa shape index (κ3) is 4.31. The summed E-state index contributed by atoms with van der Waals surface area (Å²) in [5, 5.41) is 10.3. The molecule has 1 aromatic heterocycles. The quantitative estimate of drug-likeness (QED) is 0.836. The second kappa shape index (κ2) is 8.17. The number of carbonyl (C=O) groups is 2. The summed E-state index contributed by atoms with van der Waals surface area (Å²) in [7, 11) is 0. The second-order valence-corrected chi connectivity index (χ2v) is 6.96. The second-order valence-electron chi connectivity index (χ2n) is 6.96. The lowest BCUT2D eigenvalue weighted by molar-refractivity contribution is -0.134. The fourth-order valence-electron chi connectivity index (χ4n) is 3.60. The van der Waals surface area contributed by atoms with Crippen LogP contribution in [-0.2, 0) is 16.0 Å². The lowest BCUT2D eigenvalue weighted by atomic mass is 9.80. The maximum atomic E-state index is 12.7. The molecule has 0 radical (unpaired) electrons. The van der Waals surface area contributed by atoms with Gasteiger partial charge in [0.1, 0.15) is 5.54 Å². The highest BCUT2D eigenvalue weighted by molar-refractivity contribution is 5.91. The Kier molecular flexibility index (Phi) is 5.71. The van der Waals surface area contributed by atoms with Crippen molar-refractivity contribution in [2.45, 2.75) is 51.0 Å². The van der Waals surface area contributed by atoms with Crippen LogP contribution in [0.2, 0.25) is 0 Å². The van der Waals surface area contributed by atoms with E-state index in [-0.39, 0.29) is 11.8 Å². The van der Waals surface area contributed by atoms with Crippen molar-refractivity contribution in [2.75, 3.05) is 6.54 Å². The monoisotopic (exact) mass is 354 g/mol. The summed E-state index contributed by atoms with van der Waals surface area (Å²) in [5.41, 5.74) is 1.33. The van der Waals surface area contributed by atoms with Crippen molar-refractivity contribution < 1.29 is 9.59 Å². The number of hydrogen-bond acceptors (Lipinski definition) is 3. The molecule has 1 saturated carbocycles. The van der Waals surface area contributed by atoms with E-state index in [9.17, 15) is 9.59 Å². The lowest BCUT2D eigenvalue weighted by Gasteiger charge is -2.36. The molecule has 26 heavy (non-hydrogen) atoms. The van der Waals surface area contributed by atoms with Gasteiger partial charge in [0, 0.05) is 19.7 Å². The molecule has 3 rings (SSSR count). The zero-order chi connectivity index (χ0) is 18.4. The number of nitrogens with zero attached hydrogens (tertiary/aromatic N) is 2. The van der Waals surface area contributed by atoms with Gasteiger partial charge in [0.25, 0.3) is 0 Å². The molecule has 6 nitrogen and oxygen atoms in total. The van der Waals surface area contributed by atoms with Crippen molar-refractivity contribution in [3.63, 3.8) is 0 Å². The van der Waals surface area contributed by atoms with Gasteiger partial charge in [0.2, 0.25) is 11.8 Å². The van der Waals surface area contributed by atoms with Gasteiger partial charge in [-0.15, -0.1) is 0 Å². The number of nitrogens with one attached hydrogen (secondary N) is 2. The summed E-state index contributed by atoms with van der Waals surface area (Å²) in [6, 6.07) is 9.92. The summed E-state index contributed by atoms with van der Waals surface area (Å²) in [4.78, 5) is 24.3. The molecule has 2 amide bonds. The number of amides is 2. The summed E-state index contributed by atoms with van der Waals surface area (Å²) in [5.74, 6) is -0.214. The molecule has 0 spiro atoms. The predicted octanol–water partition coefficient (Wildman–Crippen LogP) is 2.37. The van der Waals surface area contributed by atoms with Crippen LogP contribution in [0.15, 0.2) is 42.7 Å². The first kappa shape index (κ1) is 18.2. The Morgan fingerprint density at radius 3 is 2.58 bits per heavy atom. The zero-order valence-electron chi connectivity index (χ0n) is 15.2. The minimum Gasteiger partial charge on any atom is -0.354 e. The number of benzene rings is 1. The molecule has 1 aromatic carbocycles. The Morgan fingerprint density at radius 1 is 1.15 bits per heavy atom. The molecule has 6 heteroatoms. The van der Waals surface area contributed by atoms with Crippen LogP contribution in [0.1, 0.15) is 44.6 Å². The lowest BCUT2D eigenvalue weighted by Crippen LogP contribution is -2.59. The third-order valence-corrected chi connectivity index (χ3v) is 4.91. The Bertz CT molecular complexity index is 748. The van der Waals surface area contributed by atoms with Crippen LogP contribution in [0.3, 0.4) is 0 Å². The average molecular weight is 354 g/mol. The van der Waals surface area contributed by atoms with Gasteiger partial charge >= 0.3 is 0 Å². The number of rotatable bonds is 6. The van der Waals surface area contributed by atoms with Gasteiger partial charge < -0.3 is 10.6 Å². The van der Waals surface area contributed by atoms with E-state index in [1.807, 2.05) is 47.4 Å². The highest BCUT2D eigenvalue weighted by Crippen LogP contribution is 2.28. The average Bonchev–Trinajstić information content (AvgIpc) is 3.11. The van der Waals surface area contributed by atoms with E-state index in [0.29, 0.717) is 25.8 Å². The van der Waals surface area contributed by atoms with E-state index in [2.05, 4.69) is 15.7 Å². The third-order valence-electron chi connectivity index (χ3n) is 4.91. The van der Waals surface area contributed by atoms with Crippen molar-refractivity contribution in [3.05, 3.63) is 48.3 Å². The standard InChI is InChI=1S/C20H26N4O2/c1-16(25)23-20(11-6-3-7-12-20)19(26)21-13-10-17-14-22-24(15-17)18-8-4-2-5-9-18/h2,4-5,8-9,14-15H,3,6-7,10-13H2,1H3,(H,21,26)(H,23,25). The first-order valence-electron chi connectivity index (χ1n) is 9.25. The maximum absolute atomic E-state index is 12.7. The fourth-order valence-corrected chi connectivity index (χ4v) is 3.60. The van der Waals surface area contributed by atoms with Crippen molar-refractivity contribution >= 4 is 11.8 Å². The first-order chi connectivity index (χ1) is 12.6. The van der Waals surface area contributed by atoms with Crippen molar-refractivity contribution in [1.29, 1.82) is 0 Å². The van der Waals surface area contributed by atoms with Crippen molar-refractivity contribution in [3.8, 4) is 5.69 Å². The van der Waals surface area contributed by atoms with E-state index in [4.69, 9.17) is 0 Å². The van der Waals surface area contributed by atoms with Gasteiger partial charge in [-0.1, -0.05) is 37.5 Å². The molecule has 1 aliphatic rings. The molecule has 0 aliphatic heterocycles. The molecule has 0 unspecified atom stereocenters. The molecule has 1 fully saturated rings. The van der Waals surface area contributed by atoms with E-state index in [0.717, 1.165) is 30.5 Å². The molecule has 2 N–H and O–H groups in total. The van der Waals surface area contributed by atoms with Gasteiger partial charge in [-0.3, -0.25) is 9.59 Å². The number of para-hydroxylation sites is 1. The molecule has 0 bridgehead atoms. The van der Waals surface area contributed by atoms with Gasteiger partial charge in [-0.05, 0) is 37.0 Å².